The average Bonchev–Trinajstić information content (AvgIpc) is 3.29. The fraction of sp³-hybridized carbons (Fsp3) is 0.217. The lowest BCUT2D eigenvalue weighted by molar-refractivity contribution is 0.102. The van der Waals surface area contributed by atoms with Crippen LogP contribution in [0.3, 0.4) is 0 Å². The highest BCUT2D eigenvalue weighted by Gasteiger charge is 2.35. The summed E-state index contributed by atoms with van der Waals surface area (Å²) in [5.74, 6) is -0.709. The summed E-state index contributed by atoms with van der Waals surface area (Å²) in [4.78, 5) is 16.5. The number of nitrogens with one attached hydrogen (secondary N) is 1. The third kappa shape index (κ3) is 4.71. The molecule has 4 rings (SSSR count). The van der Waals surface area contributed by atoms with E-state index < -0.39 is 22.8 Å². The lowest BCUT2D eigenvalue weighted by Gasteiger charge is -2.28. The number of nitrogens with two attached hydrogens (primary N) is 1. The topological polar surface area (TPSA) is 88.3 Å². The van der Waals surface area contributed by atoms with Crippen molar-refractivity contribution in [2.45, 2.75) is 29.8 Å². The standard InChI is InChI=1S/C23H23FN4O2S/c24-19-4-1-2-6-21(19)31(30)28-15-3-5-20(28)22(25)16-7-9-17(10-8-16)23(29)27-18-11-13-26-14-12-18/h1-2,4,6-14,20,22H,3,5,15,25H2,(H,26,27,29). The van der Waals surface area contributed by atoms with Crippen molar-refractivity contribution in [2.75, 3.05) is 11.9 Å². The van der Waals surface area contributed by atoms with E-state index in [1.165, 1.54) is 6.07 Å². The zero-order chi connectivity index (χ0) is 21.8. The molecule has 0 aliphatic carbocycles. The molecule has 3 N–H and O–H groups in total. The van der Waals surface area contributed by atoms with Crippen molar-refractivity contribution in [1.82, 2.24) is 9.29 Å². The van der Waals surface area contributed by atoms with Crippen LogP contribution in [-0.4, -0.2) is 32.0 Å². The zero-order valence-corrected chi connectivity index (χ0v) is 17.6. The van der Waals surface area contributed by atoms with Gasteiger partial charge in [-0.2, -0.15) is 0 Å². The molecule has 31 heavy (non-hydrogen) atoms. The first kappa shape index (κ1) is 21.3. The van der Waals surface area contributed by atoms with Gasteiger partial charge in [-0.05, 0) is 54.8 Å². The van der Waals surface area contributed by atoms with Gasteiger partial charge in [0.05, 0.1) is 4.90 Å². The second-order valence-electron chi connectivity index (χ2n) is 7.37. The van der Waals surface area contributed by atoms with Crippen molar-refractivity contribution in [1.29, 1.82) is 0 Å². The predicted octanol–water partition coefficient (Wildman–Crippen LogP) is 3.66. The summed E-state index contributed by atoms with van der Waals surface area (Å²) in [6.07, 6.45) is 4.82. The van der Waals surface area contributed by atoms with Gasteiger partial charge in [-0.15, -0.1) is 0 Å². The van der Waals surface area contributed by atoms with Gasteiger partial charge in [0.15, 0.2) is 0 Å². The van der Waals surface area contributed by atoms with Gasteiger partial charge in [-0.1, -0.05) is 24.3 Å². The van der Waals surface area contributed by atoms with E-state index in [1.54, 1.807) is 59.2 Å². The molecule has 3 aromatic rings. The molecule has 1 aliphatic rings. The van der Waals surface area contributed by atoms with E-state index in [2.05, 4.69) is 10.3 Å². The second-order valence-corrected chi connectivity index (χ2v) is 8.77. The maximum absolute atomic E-state index is 14.1. The molecule has 8 heteroatoms. The minimum atomic E-state index is -1.62. The molecule has 2 aromatic carbocycles. The molecule has 1 saturated heterocycles. The Morgan fingerprint density at radius 2 is 1.84 bits per heavy atom. The van der Waals surface area contributed by atoms with Crippen LogP contribution in [0.4, 0.5) is 10.1 Å². The molecule has 1 fully saturated rings. The van der Waals surface area contributed by atoms with E-state index in [9.17, 15) is 13.4 Å². The fourth-order valence-electron chi connectivity index (χ4n) is 3.76. The van der Waals surface area contributed by atoms with Gasteiger partial charge >= 0.3 is 0 Å². The minimum absolute atomic E-state index is 0.171. The first-order chi connectivity index (χ1) is 15.0. The lowest BCUT2D eigenvalue weighted by atomic mass is 9.98. The van der Waals surface area contributed by atoms with Crippen LogP contribution in [0.1, 0.15) is 34.8 Å². The Morgan fingerprint density at radius 1 is 1.13 bits per heavy atom. The average molecular weight is 439 g/mol. The molecule has 160 valence electrons. The second kappa shape index (κ2) is 9.47. The Kier molecular flexibility index (Phi) is 6.50. The van der Waals surface area contributed by atoms with Gasteiger partial charge < -0.3 is 11.1 Å². The summed E-state index contributed by atoms with van der Waals surface area (Å²) < 4.78 is 28.9. The number of hydrogen-bond donors (Lipinski definition) is 2. The Morgan fingerprint density at radius 3 is 2.55 bits per heavy atom. The van der Waals surface area contributed by atoms with Gasteiger partial charge in [0, 0.05) is 42.3 Å². The summed E-state index contributed by atoms with van der Waals surface area (Å²) in [6, 6.07) is 16.0. The minimum Gasteiger partial charge on any atom is -0.323 e. The van der Waals surface area contributed by atoms with Crippen LogP contribution >= 0.6 is 0 Å². The van der Waals surface area contributed by atoms with E-state index in [0.717, 1.165) is 18.4 Å². The van der Waals surface area contributed by atoms with Crippen LogP contribution in [0.15, 0.2) is 78.0 Å². The van der Waals surface area contributed by atoms with E-state index in [1.807, 2.05) is 12.1 Å². The van der Waals surface area contributed by atoms with Gasteiger partial charge in [0.2, 0.25) is 0 Å². The third-order valence-electron chi connectivity index (χ3n) is 5.40. The largest absolute Gasteiger partial charge is 0.323 e. The fourth-order valence-corrected chi connectivity index (χ4v) is 5.22. The number of benzene rings is 2. The molecule has 0 bridgehead atoms. The molecular formula is C23H23FN4O2S. The third-order valence-corrected chi connectivity index (χ3v) is 6.98. The monoisotopic (exact) mass is 438 g/mol. The number of carbonyl (C=O) groups is 1. The molecule has 1 amide bonds. The molecule has 0 spiro atoms. The highest BCUT2D eigenvalue weighted by molar-refractivity contribution is 7.82. The van der Waals surface area contributed by atoms with E-state index in [0.29, 0.717) is 17.8 Å². The number of halogens is 1. The maximum Gasteiger partial charge on any atom is 0.255 e. The number of amides is 1. The quantitative estimate of drug-likeness (QED) is 0.615. The zero-order valence-electron chi connectivity index (χ0n) is 16.8. The molecule has 3 unspecified atom stereocenters. The number of hydrogen-bond acceptors (Lipinski definition) is 4. The Balaban J connectivity index is 1.47. The van der Waals surface area contributed by atoms with Gasteiger partial charge in [0.25, 0.3) is 5.91 Å². The summed E-state index contributed by atoms with van der Waals surface area (Å²) in [7, 11) is -1.62. The highest BCUT2D eigenvalue weighted by Crippen LogP contribution is 2.31. The van der Waals surface area contributed by atoms with Crippen molar-refractivity contribution >= 4 is 22.6 Å². The van der Waals surface area contributed by atoms with E-state index in [4.69, 9.17) is 5.73 Å². The van der Waals surface area contributed by atoms with E-state index >= 15 is 0 Å². The van der Waals surface area contributed by atoms with Gasteiger partial charge in [-0.3, -0.25) is 9.78 Å². The van der Waals surface area contributed by atoms with Crippen molar-refractivity contribution < 1.29 is 13.4 Å². The first-order valence-corrected chi connectivity index (χ1v) is 11.2. The number of carbonyl (C=O) groups excluding carboxylic acids is 1. The SMILES string of the molecule is NC(c1ccc(C(=O)Nc2ccncc2)cc1)C1CCCN1S(=O)c1ccccc1F. The molecule has 1 aliphatic heterocycles. The maximum atomic E-state index is 14.1. The van der Waals surface area contributed by atoms with Crippen LogP contribution in [0, 0.1) is 5.82 Å². The number of pyridine rings is 1. The van der Waals surface area contributed by atoms with Crippen LogP contribution in [0.5, 0.6) is 0 Å². The number of aromatic nitrogens is 1. The van der Waals surface area contributed by atoms with Crippen molar-refractivity contribution in [2.24, 2.45) is 5.73 Å². The predicted molar refractivity (Wildman–Crippen MR) is 118 cm³/mol. The van der Waals surface area contributed by atoms with Crippen molar-refractivity contribution in [3.05, 3.63) is 90.0 Å². The summed E-state index contributed by atoms with van der Waals surface area (Å²) in [5, 5.41) is 2.81. The first-order valence-electron chi connectivity index (χ1n) is 10.0. The normalized spacial score (nSPS) is 18.5. The van der Waals surface area contributed by atoms with Crippen molar-refractivity contribution in [3.63, 3.8) is 0 Å². The van der Waals surface area contributed by atoms with Gasteiger partial charge in [0.1, 0.15) is 16.8 Å². The Bertz CT molecular complexity index is 1080. The lowest BCUT2D eigenvalue weighted by Crippen LogP contribution is -2.39. The number of nitrogens with zero attached hydrogens (tertiary/aromatic N) is 2. The number of rotatable bonds is 6. The Labute approximate surface area is 182 Å². The summed E-state index contributed by atoms with van der Waals surface area (Å²) in [6.45, 7) is 0.589. The molecular weight excluding hydrogens is 415 g/mol. The summed E-state index contributed by atoms with van der Waals surface area (Å²) in [5.41, 5.74) is 8.52. The van der Waals surface area contributed by atoms with Crippen molar-refractivity contribution in [3.8, 4) is 0 Å². The smallest absolute Gasteiger partial charge is 0.255 e. The van der Waals surface area contributed by atoms with Gasteiger partial charge in [-0.25, -0.2) is 12.9 Å². The van der Waals surface area contributed by atoms with Crippen LogP contribution < -0.4 is 11.1 Å². The van der Waals surface area contributed by atoms with Crippen LogP contribution in [-0.2, 0) is 11.0 Å². The number of anilines is 1. The van der Waals surface area contributed by atoms with Crippen LogP contribution in [0.25, 0.3) is 0 Å². The summed E-state index contributed by atoms with van der Waals surface area (Å²) >= 11 is 0. The molecule has 1 aromatic heterocycles. The molecule has 0 radical (unpaired) electrons. The molecule has 6 nitrogen and oxygen atoms in total. The Hall–Kier alpha value is -2.94. The molecule has 2 heterocycles. The van der Waals surface area contributed by atoms with E-state index in [-0.39, 0.29) is 16.8 Å². The molecule has 0 saturated carbocycles. The van der Waals surface area contributed by atoms with Crippen LogP contribution in [0.2, 0.25) is 0 Å². The molecule has 3 atom stereocenters. The highest BCUT2D eigenvalue weighted by atomic mass is 32.2.